The van der Waals surface area contributed by atoms with Crippen LogP contribution in [0.15, 0.2) is 0 Å². The summed E-state index contributed by atoms with van der Waals surface area (Å²) in [7, 11) is -3.29. The van der Waals surface area contributed by atoms with E-state index in [2.05, 4.69) is 23.3 Å². The van der Waals surface area contributed by atoms with Gasteiger partial charge in [-0.3, -0.25) is 23.6 Å². The molecule has 0 radical (unpaired) electrons. The summed E-state index contributed by atoms with van der Waals surface area (Å²) in [4.78, 5) is 26.3. The van der Waals surface area contributed by atoms with E-state index in [9.17, 15) is 23.1 Å². The second kappa shape index (κ2) is 37.9. The number of aliphatic hydroxyl groups is 1. The summed E-state index contributed by atoms with van der Waals surface area (Å²) in [6, 6.07) is 0. The lowest BCUT2D eigenvalue weighted by atomic mass is 9.85. The monoisotopic (exact) mass is 734 g/mol. The Morgan fingerprint density at radius 3 is 0.940 bits per heavy atom. The molecule has 0 aromatic rings. The lowest BCUT2D eigenvalue weighted by molar-refractivity contribution is -0.135. The minimum absolute atomic E-state index is 0.00611. The van der Waals surface area contributed by atoms with Gasteiger partial charge in [0, 0.05) is 19.4 Å². The van der Waals surface area contributed by atoms with Crippen LogP contribution in [0.3, 0.4) is 0 Å². The molecule has 0 atom stereocenters. The van der Waals surface area contributed by atoms with Gasteiger partial charge < -0.3 is 5.11 Å². The Morgan fingerprint density at radius 1 is 0.520 bits per heavy atom. The lowest BCUT2D eigenvalue weighted by Crippen LogP contribution is -2.56. The van der Waals surface area contributed by atoms with Crippen molar-refractivity contribution in [3.05, 3.63) is 0 Å². The molecule has 0 spiro atoms. The fraction of sp³-hybridized carbons (Fsp3) is 0.951. The van der Waals surface area contributed by atoms with Crippen molar-refractivity contribution >= 4 is 22.0 Å². The van der Waals surface area contributed by atoms with Crippen molar-refractivity contribution in [2.24, 2.45) is 0 Å². The molecule has 0 aromatic carbocycles. The van der Waals surface area contributed by atoms with Gasteiger partial charge in [0.1, 0.15) is 5.54 Å². The van der Waals surface area contributed by atoms with E-state index < -0.39 is 15.9 Å². The van der Waals surface area contributed by atoms with E-state index in [1.165, 1.54) is 167 Å². The Hall–Kier alpha value is -0.870. The predicted molar refractivity (Wildman–Crippen MR) is 211 cm³/mol. The molecular weight excluding hydrogens is 651 g/mol. The Balaban J connectivity index is 0. The Kier molecular flexibility index (Phi) is 38.8. The minimum atomic E-state index is -4.16. The highest BCUT2D eigenvalue weighted by Gasteiger charge is 2.38. The van der Waals surface area contributed by atoms with Gasteiger partial charge in [-0.05, 0) is 19.8 Å². The van der Waals surface area contributed by atoms with Gasteiger partial charge in [-0.1, -0.05) is 194 Å². The third-order valence-electron chi connectivity index (χ3n) is 9.93. The third-order valence-corrected chi connectivity index (χ3v) is 10.4. The fourth-order valence-corrected chi connectivity index (χ4v) is 6.47. The zero-order valence-electron chi connectivity index (χ0n) is 33.4. The molecule has 3 N–H and O–H groups in total. The van der Waals surface area contributed by atoms with Gasteiger partial charge in [-0.15, -0.1) is 0 Å². The number of rotatable bonds is 38. The van der Waals surface area contributed by atoms with Crippen LogP contribution in [0.2, 0.25) is 0 Å². The number of carbonyl (C=O) groups is 2. The van der Waals surface area contributed by atoms with Gasteiger partial charge >= 0.3 is 10.4 Å². The highest BCUT2D eigenvalue weighted by molar-refractivity contribution is 7.80. The quantitative estimate of drug-likeness (QED) is 0.0325. The molecule has 8 nitrogen and oxygen atoms in total. The van der Waals surface area contributed by atoms with Crippen LogP contribution in [-0.2, 0) is 24.2 Å². The highest BCUT2D eigenvalue weighted by atomic mass is 32.3. The molecule has 0 aromatic heterocycles. The molecule has 300 valence electrons. The number of unbranched alkanes of at least 4 members (excludes halogenated alkanes) is 28. The second-order valence-corrected chi connectivity index (χ2v) is 15.8. The zero-order valence-corrected chi connectivity index (χ0v) is 34.2. The average molecular weight is 734 g/mol. The molecule has 0 unspecified atom stereocenters. The molecule has 0 saturated carbocycles. The van der Waals surface area contributed by atoms with E-state index in [1.807, 2.05) is 0 Å². The molecule has 0 aliphatic carbocycles. The highest BCUT2D eigenvalue weighted by Crippen LogP contribution is 2.20. The van der Waals surface area contributed by atoms with Crippen molar-refractivity contribution in [3.8, 4) is 0 Å². The van der Waals surface area contributed by atoms with E-state index in [-0.39, 0.29) is 24.7 Å². The van der Waals surface area contributed by atoms with Crippen LogP contribution in [0.25, 0.3) is 0 Å². The first-order valence-electron chi connectivity index (χ1n) is 21.0. The number of ketones is 2. The van der Waals surface area contributed by atoms with Crippen molar-refractivity contribution in [1.29, 1.82) is 0 Å². The van der Waals surface area contributed by atoms with Crippen LogP contribution in [-0.4, -0.2) is 55.4 Å². The largest absolute Gasteiger partial charge is 0.397 e. The molecule has 0 rings (SSSR count). The van der Waals surface area contributed by atoms with Crippen molar-refractivity contribution in [2.75, 3.05) is 20.3 Å². The normalized spacial score (nSPS) is 11.8. The number of Topliss-reactive ketones (excluding diaryl/α,β-unsaturated/α-hetero) is 2. The topological polar surface area (TPSA) is 130 Å². The maximum Gasteiger partial charge on any atom is 0.397 e. The molecule has 0 heterocycles. The summed E-state index contributed by atoms with van der Waals surface area (Å²) in [5, 5.41) is 12.4. The van der Waals surface area contributed by atoms with Crippen molar-refractivity contribution in [1.82, 2.24) is 5.32 Å². The van der Waals surface area contributed by atoms with E-state index in [4.69, 9.17) is 4.55 Å². The SMILES string of the molecule is CCCCCCCCCCCCCCCCCC(=O)C(C)(NCCO)C(=O)CCCCCCCCCCCCCCCCC.COS(=O)(=O)O. The molecule has 0 bridgehead atoms. The summed E-state index contributed by atoms with van der Waals surface area (Å²) < 4.78 is 29.7. The number of aliphatic hydroxyl groups excluding tert-OH is 1. The fourth-order valence-electron chi connectivity index (χ4n) is 6.47. The van der Waals surface area contributed by atoms with Crippen LogP contribution in [0.4, 0.5) is 0 Å². The zero-order chi connectivity index (χ0) is 37.6. The molecule has 50 heavy (non-hydrogen) atoms. The van der Waals surface area contributed by atoms with E-state index in [1.54, 1.807) is 6.92 Å². The maximum atomic E-state index is 13.1. The average Bonchev–Trinajstić information content (AvgIpc) is 3.10. The predicted octanol–water partition coefficient (Wildman–Crippen LogP) is 11.4. The summed E-state index contributed by atoms with van der Waals surface area (Å²) in [5.41, 5.74) is -1.14. The van der Waals surface area contributed by atoms with Gasteiger partial charge in [-0.2, -0.15) is 8.42 Å². The molecule has 9 heteroatoms. The second-order valence-electron chi connectivity index (χ2n) is 14.6. The van der Waals surface area contributed by atoms with Crippen molar-refractivity contribution in [2.45, 2.75) is 232 Å². The Morgan fingerprint density at radius 2 is 0.740 bits per heavy atom. The molecule has 0 amide bonds. The van der Waals surface area contributed by atoms with Crippen LogP contribution in [0.1, 0.15) is 226 Å². The Labute approximate surface area is 310 Å². The number of carbonyl (C=O) groups excluding carboxylic acids is 2. The first kappa shape index (κ1) is 51.2. The van der Waals surface area contributed by atoms with E-state index in [0.717, 1.165) is 32.8 Å². The van der Waals surface area contributed by atoms with Gasteiger partial charge in [0.25, 0.3) is 0 Å². The molecule has 0 fully saturated rings. The summed E-state index contributed by atoms with van der Waals surface area (Å²) in [6.07, 6.45) is 40.0. The number of nitrogens with one attached hydrogen (secondary N) is 1. The van der Waals surface area contributed by atoms with Gasteiger partial charge in [0.2, 0.25) is 0 Å². The first-order chi connectivity index (χ1) is 24.1. The third kappa shape index (κ3) is 35.5. The standard InChI is InChI=1S/C40H79NO3.CH4O4S/c1-4-6-8-10-12-14-16-18-20-22-24-26-28-30-32-34-38(43)40(3,41-36-37-42)39(44)35-33-31-29-27-25-23-21-19-17-15-13-11-9-7-5-2;1-5-6(2,3)4/h41-42H,4-37H2,1-3H3;1H3,(H,2,3,4). The summed E-state index contributed by atoms with van der Waals surface area (Å²) >= 11 is 0. The summed E-state index contributed by atoms with van der Waals surface area (Å²) in [6.45, 7) is 6.53. The summed E-state index contributed by atoms with van der Waals surface area (Å²) in [5.74, 6) is 0.0122. The first-order valence-corrected chi connectivity index (χ1v) is 22.4. The van der Waals surface area contributed by atoms with Gasteiger partial charge in [0.05, 0.1) is 13.7 Å². The number of hydrogen-bond acceptors (Lipinski definition) is 7. The van der Waals surface area contributed by atoms with Crippen LogP contribution < -0.4 is 5.32 Å². The van der Waals surface area contributed by atoms with Gasteiger partial charge in [0.15, 0.2) is 11.6 Å². The minimum Gasteiger partial charge on any atom is -0.395 e. The van der Waals surface area contributed by atoms with Crippen LogP contribution in [0, 0.1) is 0 Å². The molecular formula is C41H83NO7S. The molecule has 0 aliphatic heterocycles. The Bertz CT molecular complexity index is 804. The van der Waals surface area contributed by atoms with Crippen LogP contribution in [0.5, 0.6) is 0 Å². The molecule has 0 aliphatic rings. The lowest BCUT2D eigenvalue weighted by Gasteiger charge is -2.28. The van der Waals surface area contributed by atoms with Crippen LogP contribution >= 0.6 is 0 Å². The van der Waals surface area contributed by atoms with E-state index >= 15 is 0 Å². The number of β-amino-alcohol motifs (C(OH)–C–C–N with tert-alkyl or cyclic N) is 1. The van der Waals surface area contributed by atoms with E-state index in [0.29, 0.717) is 12.8 Å². The maximum absolute atomic E-state index is 13.1. The molecule has 0 saturated heterocycles. The van der Waals surface area contributed by atoms with Crippen molar-refractivity contribution < 1.29 is 31.8 Å². The smallest absolute Gasteiger partial charge is 0.395 e. The number of hydrogen-bond donors (Lipinski definition) is 3. The van der Waals surface area contributed by atoms with Crippen molar-refractivity contribution in [3.63, 3.8) is 0 Å². The van der Waals surface area contributed by atoms with Gasteiger partial charge in [-0.25, -0.2) is 0 Å².